The molecule has 0 spiro atoms. The molecule has 24 heavy (non-hydrogen) atoms. The van der Waals surface area contributed by atoms with Crippen molar-refractivity contribution in [2.45, 2.75) is 6.92 Å². The van der Waals surface area contributed by atoms with E-state index in [1.165, 1.54) is 0 Å². The zero-order valence-corrected chi connectivity index (χ0v) is 13.9. The maximum absolute atomic E-state index is 12.3. The van der Waals surface area contributed by atoms with Crippen molar-refractivity contribution in [1.29, 1.82) is 0 Å². The number of anilines is 2. The van der Waals surface area contributed by atoms with Crippen LogP contribution in [0.15, 0.2) is 59.1 Å². The Hall–Kier alpha value is -3.08. The van der Waals surface area contributed by atoms with Crippen molar-refractivity contribution < 1.29 is 9.32 Å². The first kappa shape index (κ1) is 15.8. The van der Waals surface area contributed by atoms with E-state index in [-0.39, 0.29) is 11.7 Å². The first-order chi connectivity index (χ1) is 11.5. The van der Waals surface area contributed by atoms with E-state index in [9.17, 15) is 4.79 Å². The normalized spacial score (nSPS) is 10.5. The lowest BCUT2D eigenvalue weighted by Gasteiger charge is -2.16. The summed E-state index contributed by atoms with van der Waals surface area (Å²) in [5, 5.41) is 6.80. The van der Waals surface area contributed by atoms with Crippen LogP contribution in [0.1, 0.15) is 16.1 Å². The van der Waals surface area contributed by atoms with Gasteiger partial charge in [-0.15, -0.1) is 0 Å². The van der Waals surface area contributed by atoms with Crippen molar-refractivity contribution in [3.05, 3.63) is 65.9 Å². The molecule has 0 unspecified atom stereocenters. The van der Waals surface area contributed by atoms with Gasteiger partial charge in [0, 0.05) is 37.1 Å². The number of hydrogen-bond donors (Lipinski definition) is 1. The average molecular weight is 321 g/mol. The molecule has 0 radical (unpaired) electrons. The van der Waals surface area contributed by atoms with E-state index in [1.54, 1.807) is 6.07 Å². The summed E-state index contributed by atoms with van der Waals surface area (Å²) in [5.41, 5.74) is 4.46. The van der Waals surface area contributed by atoms with Crippen LogP contribution >= 0.6 is 0 Å². The quantitative estimate of drug-likeness (QED) is 0.790. The summed E-state index contributed by atoms with van der Waals surface area (Å²) in [6.07, 6.45) is 0. The Balaban J connectivity index is 1.76. The van der Waals surface area contributed by atoms with E-state index in [1.807, 2.05) is 74.4 Å². The lowest BCUT2D eigenvalue weighted by Crippen LogP contribution is -2.13. The monoisotopic (exact) mass is 321 g/mol. The smallest absolute Gasteiger partial charge is 0.294 e. The van der Waals surface area contributed by atoms with Gasteiger partial charge in [-0.25, -0.2) is 0 Å². The number of nitrogens with one attached hydrogen (secondary N) is 1. The second-order valence-corrected chi connectivity index (χ2v) is 5.79. The number of aromatic nitrogens is 1. The highest BCUT2D eigenvalue weighted by molar-refractivity contribution is 6.02. The van der Waals surface area contributed by atoms with Crippen LogP contribution in [0.2, 0.25) is 0 Å². The number of benzene rings is 2. The number of carbonyl (C=O) groups excluding carboxylic acids is 1. The maximum Gasteiger partial charge on any atom is 0.294 e. The molecular weight excluding hydrogens is 302 g/mol. The molecule has 1 N–H and O–H groups in total. The summed E-state index contributed by atoms with van der Waals surface area (Å²) < 4.78 is 5.17. The van der Waals surface area contributed by atoms with Gasteiger partial charge in [0.15, 0.2) is 0 Å². The summed E-state index contributed by atoms with van der Waals surface area (Å²) in [5.74, 6) is -0.134. The van der Waals surface area contributed by atoms with Crippen LogP contribution in [-0.2, 0) is 0 Å². The van der Waals surface area contributed by atoms with Crippen LogP contribution in [-0.4, -0.2) is 25.2 Å². The molecular formula is C19H19N3O2. The molecule has 0 atom stereocenters. The largest absolute Gasteiger partial charge is 0.377 e. The van der Waals surface area contributed by atoms with Crippen molar-refractivity contribution in [3.8, 4) is 11.3 Å². The fraction of sp³-hybridized carbons (Fsp3) is 0.158. The van der Waals surface area contributed by atoms with E-state index in [2.05, 4.69) is 10.5 Å². The van der Waals surface area contributed by atoms with Crippen LogP contribution in [0.4, 0.5) is 11.4 Å². The molecule has 3 rings (SSSR count). The van der Waals surface area contributed by atoms with Gasteiger partial charge in [0.05, 0.1) is 0 Å². The second-order valence-electron chi connectivity index (χ2n) is 5.79. The Kier molecular flexibility index (Phi) is 4.33. The Morgan fingerprint density at radius 3 is 2.50 bits per heavy atom. The van der Waals surface area contributed by atoms with Gasteiger partial charge < -0.3 is 14.7 Å². The van der Waals surface area contributed by atoms with Crippen molar-refractivity contribution in [3.63, 3.8) is 0 Å². The van der Waals surface area contributed by atoms with Crippen molar-refractivity contribution in [2.75, 3.05) is 24.3 Å². The Morgan fingerprint density at radius 2 is 1.83 bits per heavy atom. The fourth-order valence-electron chi connectivity index (χ4n) is 2.55. The van der Waals surface area contributed by atoms with Crippen molar-refractivity contribution in [1.82, 2.24) is 5.16 Å². The lowest BCUT2D eigenvalue weighted by atomic mass is 10.1. The summed E-state index contributed by atoms with van der Waals surface area (Å²) in [6.45, 7) is 2.01. The highest BCUT2D eigenvalue weighted by atomic mass is 16.5. The molecule has 0 aliphatic rings. The van der Waals surface area contributed by atoms with Gasteiger partial charge >= 0.3 is 0 Å². The third-order valence-corrected chi connectivity index (χ3v) is 3.74. The van der Waals surface area contributed by atoms with E-state index in [0.29, 0.717) is 5.69 Å². The van der Waals surface area contributed by atoms with Crippen molar-refractivity contribution >= 4 is 17.3 Å². The minimum absolute atomic E-state index is 0.184. The van der Waals surface area contributed by atoms with E-state index >= 15 is 0 Å². The van der Waals surface area contributed by atoms with Crippen LogP contribution in [0.3, 0.4) is 0 Å². The molecule has 1 amide bonds. The average Bonchev–Trinajstić information content (AvgIpc) is 3.05. The minimum Gasteiger partial charge on any atom is -0.377 e. The van der Waals surface area contributed by atoms with Crippen LogP contribution < -0.4 is 10.2 Å². The molecule has 1 heterocycles. The van der Waals surface area contributed by atoms with Gasteiger partial charge in [-0.05, 0) is 30.7 Å². The molecule has 0 bridgehead atoms. The van der Waals surface area contributed by atoms with Gasteiger partial charge in [0.1, 0.15) is 5.69 Å². The fourth-order valence-corrected chi connectivity index (χ4v) is 2.55. The SMILES string of the molecule is Cc1cc(NC(=O)c2cc(-c3ccccc3)no2)ccc1N(C)C. The minimum atomic E-state index is -0.318. The highest BCUT2D eigenvalue weighted by Crippen LogP contribution is 2.23. The highest BCUT2D eigenvalue weighted by Gasteiger charge is 2.14. The molecule has 3 aromatic rings. The number of aryl methyl sites for hydroxylation is 1. The van der Waals surface area contributed by atoms with Gasteiger partial charge in [-0.1, -0.05) is 35.5 Å². The summed E-state index contributed by atoms with van der Waals surface area (Å²) >= 11 is 0. The second kappa shape index (κ2) is 6.58. The van der Waals surface area contributed by atoms with Gasteiger partial charge in [0.25, 0.3) is 5.91 Å². The Morgan fingerprint density at radius 1 is 1.08 bits per heavy atom. The number of nitrogens with zero attached hydrogens (tertiary/aromatic N) is 2. The predicted octanol–water partition coefficient (Wildman–Crippen LogP) is 3.97. The molecule has 2 aromatic carbocycles. The van der Waals surface area contributed by atoms with Crippen molar-refractivity contribution in [2.24, 2.45) is 0 Å². The topological polar surface area (TPSA) is 58.4 Å². The Bertz CT molecular complexity index is 854. The molecule has 0 fully saturated rings. The first-order valence-electron chi connectivity index (χ1n) is 7.66. The summed E-state index contributed by atoms with van der Waals surface area (Å²) in [4.78, 5) is 14.4. The standard InChI is InChI=1S/C19H19N3O2/c1-13-11-15(9-10-17(13)22(2)3)20-19(23)18-12-16(21-24-18)14-7-5-4-6-8-14/h4-12H,1-3H3,(H,20,23). The molecule has 1 aromatic heterocycles. The van der Waals surface area contributed by atoms with Crippen LogP contribution in [0.25, 0.3) is 11.3 Å². The molecule has 0 saturated carbocycles. The lowest BCUT2D eigenvalue weighted by molar-refractivity contribution is 0.0988. The van der Waals surface area contributed by atoms with E-state index in [0.717, 1.165) is 22.5 Å². The summed E-state index contributed by atoms with van der Waals surface area (Å²) in [7, 11) is 3.97. The maximum atomic E-state index is 12.3. The molecule has 0 saturated heterocycles. The summed E-state index contributed by atoms with van der Waals surface area (Å²) in [6, 6.07) is 17.0. The number of carbonyl (C=O) groups is 1. The number of amides is 1. The molecule has 0 aliphatic heterocycles. The number of hydrogen-bond acceptors (Lipinski definition) is 4. The van der Waals surface area contributed by atoms with E-state index in [4.69, 9.17) is 4.52 Å². The predicted molar refractivity (Wildman–Crippen MR) is 95.4 cm³/mol. The third-order valence-electron chi connectivity index (χ3n) is 3.74. The Labute approximate surface area is 140 Å². The van der Waals surface area contributed by atoms with Gasteiger partial charge in [0.2, 0.25) is 5.76 Å². The van der Waals surface area contributed by atoms with Gasteiger partial charge in [-0.3, -0.25) is 4.79 Å². The molecule has 122 valence electrons. The zero-order chi connectivity index (χ0) is 17.1. The zero-order valence-electron chi connectivity index (χ0n) is 13.9. The van der Waals surface area contributed by atoms with E-state index < -0.39 is 0 Å². The van der Waals surface area contributed by atoms with Crippen LogP contribution in [0, 0.1) is 6.92 Å². The van der Waals surface area contributed by atoms with Gasteiger partial charge in [-0.2, -0.15) is 0 Å². The molecule has 5 nitrogen and oxygen atoms in total. The third kappa shape index (κ3) is 3.30. The molecule has 5 heteroatoms. The number of rotatable bonds is 4. The first-order valence-corrected chi connectivity index (χ1v) is 7.66. The van der Waals surface area contributed by atoms with Crippen LogP contribution in [0.5, 0.6) is 0 Å². The molecule has 0 aliphatic carbocycles.